The van der Waals surface area contributed by atoms with Crippen LogP contribution in [0.1, 0.15) is 49.7 Å². The highest BCUT2D eigenvalue weighted by molar-refractivity contribution is 7.89. The number of carbonyl (C=O) groups is 3. The van der Waals surface area contributed by atoms with Crippen molar-refractivity contribution in [3.8, 4) is 0 Å². The van der Waals surface area contributed by atoms with E-state index in [4.69, 9.17) is 5.11 Å². The first kappa shape index (κ1) is 27.4. The molecule has 3 aliphatic rings. The first-order chi connectivity index (χ1) is 17.4. The Morgan fingerprint density at radius 3 is 2.27 bits per heavy atom. The average molecular weight is 546 g/mol. The summed E-state index contributed by atoms with van der Waals surface area (Å²) in [5.41, 5.74) is -0.288. The van der Waals surface area contributed by atoms with Crippen LogP contribution in [-0.4, -0.2) is 71.4 Å². The molecular weight excluding hydrogens is 515 g/mol. The van der Waals surface area contributed by atoms with Gasteiger partial charge in [0.2, 0.25) is 21.8 Å². The maximum absolute atomic E-state index is 13.3. The van der Waals surface area contributed by atoms with E-state index in [0.717, 1.165) is 12.1 Å². The first-order valence-corrected chi connectivity index (χ1v) is 13.8. The molecule has 2 heterocycles. The van der Waals surface area contributed by atoms with E-state index in [2.05, 4.69) is 5.32 Å². The van der Waals surface area contributed by atoms with Crippen molar-refractivity contribution < 1.29 is 41.1 Å². The van der Waals surface area contributed by atoms with Crippen LogP contribution in [0.25, 0.3) is 0 Å². The van der Waals surface area contributed by atoms with E-state index in [1.165, 1.54) is 21.3 Å². The molecule has 1 aromatic rings. The van der Waals surface area contributed by atoms with E-state index in [0.29, 0.717) is 37.8 Å². The van der Waals surface area contributed by atoms with Crippen LogP contribution in [0.5, 0.6) is 0 Å². The summed E-state index contributed by atoms with van der Waals surface area (Å²) in [7, 11) is -3.71. The number of carboxylic acids is 1. The van der Waals surface area contributed by atoms with Gasteiger partial charge in [0.1, 0.15) is 6.04 Å². The van der Waals surface area contributed by atoms with Crippen molar-refractivity contribution in [2.24, 2.45) is 11.8 Å². The third-order valence-electron chi connectivity index (χ3n) is 7.55. The normalized spacial score (nSPS) is 26.9. The fourth-order valence-corrected chi connectivity index (χ4v) is 7.40. The SMILES string of the molecule is O=C(NCc1ccc(C(F)(F)F)cc1)[C@H]1CCCN1C(=O)[C@H]1CCCN(S(=O)(=O)[C@H]2C[C@H](C(=O)O)C2)C1. The molecule has 1 aromatic carbocycles. The van der Waals surface area contributed by atoms with Gasteiger partial charge in [-0.15, -0.1) is 0 Å². The molecule has 2 amide bonds. The summed E-state index contributed by atoms with van der Waals surface area (Å²) in [5, 5.41) is 11.0. The van der Waals surface area contributed by atoms with Gasteiger partial charge in [0.05, 0.1) is 22.6 Å². The highest BCUT2D eigenvalue weighted by Crippen LogP contribution is 2.36. The van der Waals surface area contributed by atoms with Gasteiger partial charge < -0.3 is 15.3 Å². The lowest BCUT2D eigenvalue weighted by molar-refractivity contribution is -0.144. The van der Waals surface area contributed by atoms with E-state index >= 15 is 0 Å². The zero-order valence-electron chi connectivity index (χ0n) is 20.1. The van der Waals surface area contributed by atoms with Gasteiger partial charge in [-0.3, -0.25) is 14.4 Å². The molecule has 0 bridgehead atoms. The van der Waals surface area contributed by atoms with Crippen molar-refractivity contribution in [2.75, 3.05) is 19.6 Å². The summed E-state index contributed by atoms with van der Waals surface area (Å²) in [6.45, 7) is 0.663. The van der Waals surface area contributed by atoms with E-state index in [-0.39, 0.29) is 38.4 Å². The van der Waals surface area contributed by atoms with Gasteiger partial charge in [-0.25, -0.2) is 12.7 Å². The Morgan fingerprint density at radius 2 is 1.65 bits per heavy atom. The minimum absolute atomic E-state index is 0.00575. The van der Waals surface area contributed by atoms with Crippen LogP contribution >= 0.6 is 0 Å². The topological polar surface area (TPSA) is 124 Å². The molecule has 0 aromatic heterocycles. The lowest BCUT2D eigenvalue weighted by Gasteiger charge is -2.39. The third kappa shape index (κ3) is 5.92. The molecule has 2 aliphatic heterocycles. The lowest BCUT2D eigenvalue weighted by Crippen LogP contribution is -2.53. The van der Waals surface area contributed by atoms with Crippen LogP contribution in [0, 0.1) is 11.8 Å². The number of hydrogen-bond acceptors (Lipinski definition) is 5. The van der Waals surface area contributed by atoms with Gasteiger partial charge >= 0.3 is 12.1 Å². The molecule has 2 N–H and O–H groups in total. The Labute approximate surface area is 213 Å². The van der Waals surface area contributed by atoms with Crippen LogP contribution in [0.4, 0.5) is 13.2 Å². The number of piperidine rings is 1. The quantitative estimate of drug-likeness (QED) is 0.542. The molecule has 204 valence electrons. The van der Waals surface area contributed by atoms with Gasteiger partial charge in [-0.05, 0) is 56.2 Å². The minimum atomic E-state index is -4.45. The second-order valence-corrected chi connectivity index (χ2v) is 12.2. The van der Waals surface area contributed by atoms with Crippen LogP contribution in [-0.2, 0) is 37.1 Å². The molecule has 2 atom stereocenters. The number of aliphatic carboxylic acids is 1. The Balaban J connectivity index is 1.33. The Morgan fingerprint density at radius 1 is 1.00 bits per heavy atom. The summed E-state index contributed by atoms with van der Waals surface area (Å²) in [4.78, 5) is 38.7. The van der Waals surface area contributed by atoms with Crippen molar-refractivity contribution in [1.82, 2.24) is 14.5 Å². The molecule has 3 fully saturated rings. The Kier molecular flexibility index (Phi) is 7.84. The summed E-state index contributed by atoms with van der Waals surface area (Å²) >= 11 is 0. The van der Waals surface area contributed by atoms with E-state index in [1.807, 2.05) is 0 Å². The Hall–Kier alpha value is -2.67. The standard InChI is InChI=1S/C24H30F3N3O6S/c25-24(26,27)18-7-5-15(6-8-18)13-28-21(31)20-4-2-10-30(20)22(32)16-3-1-9-29(14-16)37(35,36)19-11-17(12-19)23(33)34/h5-8,16-17,19-20H,1-4,9-14H2,(H,28,31)(H,33,34)/t16-,17-,19-,20+/m0/s1. The second-order valence-electron chi connectivity index (χ2n) is 9.97. The summed E-state index contributed by atoms with van der Waals surface area (Å²) in [5.74, 6) is -2.95. The minimum Gasteiger partial charge on any atom is -0.481 e. The number of carbonyl (C=O) groups excluding carboxylic acids is 2. The number of likely N-dealkylation sites (tertiary alicyclic amines) is 1. The van der Waals surface area contributed by atoms with Gasteiger partial charge in [-0.1, -0.05) is 12.1 Å². The van der Waals surface area contributed by atoms with Crippen LogP contribution < -0.4 is 5.32 Å². The van der Waals surface area contributed by atoms with Crippen LogP contribution in [0.15, 0.2) is 24.3 Å². The average Bonchev–Trinajstić information content (AvgIpc) is 3.30. The predicted octanol–water partition coefficient (Wildman–Crippen LogP) is 2.22. The molecule has 0 unspecified atom stereocenters. The van der Waals surface area contributed by atoms with Crippen molar-refractivity contribution in [1.29, 1.82) is 0 Å². The molecule has 37 heavy (non-hydrogen) atoms. The van der Waals surface area contributed by atoms with Gasteiger partial charge in [-0.2, -0.15) is 13.2 Å². The molecule has 1 aliphatic carbocycles. The molecular formula is C24H30F3N3O6S. The fourth-order valence-electron chi connectivity index (χ4n) is 5.25. The van der Waals surface area contributed by atoms with Gasteiger partial charge in [0.15, 0.2) is 0 Å². The second kappa shape index (κ2) is 10.6. The zero-order chi connectivity index (χ0) is 27.0. The number of rotatable bonds is 7. The van der Waals surface area contributed by atoms with Crippen molar-refractivity contribution >= 4 is 27.8 Å². The van der Waals surface area contributed by atoms with Gasteiger partial charge in [0, 0.05) is 26.2 Å². The van der Waals surface area contributed by atoms with Gasteiger partial charge in [0.25, 0.3) is 0 Å². The number of halogens is 3. The molecule has 0 spiro atoms. The van der Waals surface area contributed by atoms with Crippen molar-refractivity contribution in [3.05, 3.63) is 35.4 Å². The zero-order valence-corrected chi connectivity index (χ0v) is 20.9. The van der Waals surface area contributed by atoms with E-state index in [1.54, 1.807) is 0 Å². The summed E-state index contributed by atoms with van der Waals surface area (Å²) in [6, 6.07) is 3.75. The fraction of sp³-hybridized carbons (Fsp3) is 0.625. The third-order valence-corrected chi connectivity index (χ3v) is 9.82. The molecule has 13 heteroatoms. The van der Waals surface area contributed by atoms with Crippen LogP contribution in [0.3, 0.4) is 0 Å². The largest absolute Gasteiger partial charge is 0.481 e. The maximum Gasteiger partial charge on any atom is 0.416 e. The number of nitrogens with one attached hydrogen (secondary N) is 1. The number of benzene rings is 1. The summed E-state index contributed by atoms with van der Waals surface area (Å²) < 4.78 is 65.5. The molecule has 9 nitrogen and oxygen atoms in total. The highest BCUT2D eigenvalue weighted by Gasteiger charge is 2.47. The number of nitrogens with zero attached hydrogens (tertiary/aromatic N) is 2. The van der Waals surface area contributed by atoms with E-state index < -0.39 is 56.8 Å². The van der Waals surface area contributed by atoms with Crippen molar-refractivity contribution in [3.63, 3.8) is 0 Å². The highest BCUT2D eigenvalue weighted by atomic mass is 32.2. The Bertz CT molecular complexity index is 1140. The number of amides is 2. The first-order valence-electron chi connectivity index (χ1n) is 12.3. The molecule has 0 radical (unpaired) electrons. The molecule has 2 saturated heterocycles. The van der Waals surface area contributed by atoms with E-state index in [9.17, 15) is 36.0 Å². The number of carboxylic acid groups (broad SMARTS) is 1. The predicted molar refractivity (Wildman–Crippen MR) is 125 cm³/mol. The maximum atomic E-state index is 13.3. The lowest BCUT2D eigenvalue weighted by atomic mass is 9.85. The van der Waals surface area contributed by atoms with Crippen LogP contribution in [0.2, 0.25) is 0 Å². The monoisotopic (exact) mass is 545 g/mol. The summed E-state index contributed by atoms with van der Waals surface area (Å²) in [6.07, 6.45) is -2.28. The number of hydrogen-bond donors (Lipinski definition) is 2. The number of alkyl halides is 3. The molecule has 1 saturated carbocycles. The molecule has 4 rings (SSSR count). The van der Waals surface area contributed by atoms with Crippen molar-refractivity contribution in [2.45, 2.75) is 62.5 Å². The smallest absolute Gasteiger partial charge is 0.416 e. The number of sulfonamides is 1.